The van der Waals surface area contributed by atoms with Gasteiger partial charge >= 0.3 is 0 Å². The van der Waals surface area contributed by atoms with E-state index >= 15 is 0 Å². The van der Waals surface area contributed by atoms with Crippen LogP contribution in [0, 0.1) is 11.3 Å². The number of guanidine groups is 1. The van der Waals surface area contributed by atoms with Crippen LogP contribution in [-0.4, -0.2) is 32.3 Å². The predicted octanol–water partition coefficient (Wildman–Crippen LogP) is 4.30. The third kappa shape index (κ3) is 3.87. The van der Waals surface area contributed by atoms with Crippen molar-refractivity contribution in [3.8, 4) is 28.2 Å². The largest absolute Gasteiger partial charge is 0.435 e. The molecule has 0 spiro atoms. The number of oxazole rings is 1. The van der Waals surface area contributed by atoms with Crippen molar-refractivity contribution in [3.05, 3.63) is 51.5 Å². The molecule has 0 saturated carbocycles. The van der Waals surface area contributed by atoms with Crippen molar-refractivity contribution in [3.63, 3.8) is 0 Å². The Kier molecular flexibility index (Phi) is 5.64. The first kappa shape index (κ1) is 21.6. The van der Waals surface area contributed by atoms with Crippen molar-refractivity contribution in [2.24, 2.45) is 10.7 Å². The smallest absolute Gasteiger partial charge is 0.237 e. The highest BCUT2D eigenvalue weighted by atomic mass is 35.5. The van der Waals surface area contributed by atoms with E-state index in [4.69, 9.17) is 21.8 Å². The number of aryl methyl sites for hydroxylation is 1. The van der Waals surface area contributed by atoms with Gasteiger partial charge in [-0.1, -0.05) is 30.7 Å². The van der Waals surface area contributed by atoms with Crippen LogP contribution in [-0.2, 0) is 22.9 Å². The number of nitrogens with zero attached hydrogens (tertiary/aromatic N) is 4. The van der Waals surface area contributed by atoms with Crippen LogP contribution >= 0.6 is 22.9 Å². The first-order chi connectivity index (χ1) is 14.8. The zero-order chi connectivity index (χ0) is 22.3. The maximum Gasteiger partial charge on any atom is 0.237 e. The van der Waals surface area contributed by atoms with E-state index in [-0.39, 0.29) is 11.7 Å². The third-order valence-electron chi connectivity index (χ3n) is 5.07. The number of aliphatic imine (C=N–C) groups is 1. The van der Waals surface area contributed by atoms with Gasteiger partial charge in [0.15, 0.2) is 5.76 Å². The van der Waals surface area contributed by atoms with Crippen LogP contribution in [0.15, 0.2) is 39.7 Å². The molecular formula is C21H20ClN5O2S2. The van der Waals surface area contributed by atoms with Crippen LogP contribution in [0.2, 0.25) is 5.02 Å². The Labute approximate surface area is 191 Å². The van der Waals surface area contributed by atoms with Crippen LogP contribution in [0.3, 0.4) is 0 Å². The molecule has 2 atom stereocenters. The lowest BCUT2D eigenvalue weighted by Gasteiger charge is -2.33. The minimum atomic E-state index is -1.30. The molecule has 31 heavy (non-hydrogen) atoms. The zero-order valence-electron chi connectivity index (χ0n) is 17.2. The van der Waals surface area contributed by atoms with Crippen molar-refractivity contribution >= 4 is 39.9 Å². The molecule has 2 N–H and O–H groups in total. The first-order valence-electron chi connectivity index (χ1n) is 9.53. The molecule has 0 radical (unpaired) electrons. The van der Waals surface area contributed by atoms with E-state index in [9.17, 15) is 9.47 Å². The van der Waals surface area contributed by atoms with E-state index in [1.807, 2.05) is 26.0 Å². The standard InChI is InChI=1S/C21H20ClN5O2S2/c1-4-15-17(13-7-5-6-12(8-13)10-23)29-19(25-15)16-9-14(22)18(30-16)21(2)11-31(28)27(3)20(24)26-21/h5-9H,4,11H2,1-3H3,(H2,24,26). The fourth-order valence-electron chi connectivity index (χ4n) is 3.41. The quantitative estimate of drug-likeness (QED) is 0.607. The molecule has 10 heteroatoms. The summed E-state index contributed by atoms with van der Waals surface area (Å²) in [5, 5.41) is 9.70. The lowest BCUT2D eigenvalue weighted by atomic mass is 10.0. The number of rotatable bonds is 4. The van der Waals surface area contributed by atoms with E-state index in [1.165, 1.54) is 15.6 Å². The molecular weight excluding hydrogens is 454 g/mol. The van der Waals surface area contributed by atoms with Gasteiger partial charge in [0, 0.05) is 12.6 Å². The molecule has 2 unspecified atom stereocenters. The van der Waals surface area contributed by atoms with Crippen molar-refractivity contribution in [2.75, 3.05) is 12.8 Å². The van der Waals surface area contributed by atoms with Gasteiger partial charge in [0.2, 0.25) is 11.9 Å². The normalized spacial score (nSPS) is 21.1. The number of aromatic nitrogens is 1. The molecule has 4 rings (SSSR count). The van der Waals surface area contributed by atoms with E-state index < -0.39 is 16.5 Å². The second-order valence-electron chi connectivity index (χ2n) is 7.34. The summed E-state index contributed by atoms with van der Waals surface area (Å²) in [7, 11) is 0.353. The SMILES string of the molecule is CCc1nc(-c2cc(Cl)c(C3(C)CS(=O)N(C)C(N)=N3)s2)oc1-c1cccc(C#N)c1. The molecule has 1 aromatic carbocycles. The van der Waals surface area contributed by atoms with Gasteiger partial charge in [0.05, 0.1) is 37.9 Å². The highest BCUT2D eigenvalue weighted by Gasteiger charge is 2.39. The van der Waals surface area contributed by atoms with E-state index in [0.29, 0.717) is 28.7 Å². The van der Waals surface area contributed by atoms with Crippen LogP contribution in [0.25, 0.3) is 22.1 Å². The number of benzene rings is 1. The monoisotopic (exact) mass is 473 g/mol. The summed E-state index contributed by atoms with van der Waals surface area (Å²) in [6.45, 7) is 3.87. The third-order valence-corrected chi connectivity index (χ3v) is 8.46. The fourth-order valence-corrected chi connectivity index (χ4v) is 6.19. The van der Waals surface area contributed by atoms with Gasteiger partial charge in [0.1, 0.15) is 16.5 Å². The van der Waals surface area contributed by atoms with E-state index in [2.05, 4.69) is 16.0 Å². The van der Waals surface area contributed by atoms with Gasteiger partial charge in [-0.15, -0.1) is 11.3 Å². The van der Waals surface area contributed by atoms with Crippen molar-refractivity contribution in [1.82, 2.24) is 9.29 Å². The average molecular weight is 474 g/mol. The maximum atomic E-state index is 12.5. The van der Waals surface area contributed by atoms with Crippen LogP contribution < -0.4 is 5.73 Å². The number of nitrogens with two attached hydrogens (primary N) is 1. The first-order valence-corrected chi connectivity index (χ1v) is 12.0. The molecule has 0 bridgehead atoms. The minimum absolute atomic E-state index is 0.210. The fraction of sp³-hybridized carbons (Fsp3) is 0.286. The van der Waals surface area contributed by atoms with Crippen molar-refractivity contribution in [2.45, 2.75) is 25.8 Å². The maximum absolute atomic E-state index is 12.5. The van der Waals surface area contributed by atoms with Crippen LogP contribution in [0.4, 0.5) is 0 Å². The number of hydrogen-bond donors (Lipinski definition) is 1. The van der Waals surface area contributed by atoms with E-state index in [0.717, 1.165) is 21.0 Å². The molecule has 1 aliphatic heterocycles. The van der Waals surface area contributed by atoms with Crippen molar-refractivity contribution < 1.29 is 8.63 Å². The Morgan fingerprint density at radius 2 is 2.23 bits per heavy atom. The summed E-state index contributed by atoms with van der Waals surface area (Å²) < 4.78 is 20.0. The molecule has 3 heterocycles. The summed E-state index contributed by atoms with van der Waals surface area (Å²) in [6, 6.07) is 11.2. The molecule has 1 aliphatic rings. The van der Waals surface area contributed by atoms with Crippen LogP contribution in [0.5, 0.6) is 0 Å². The Balaban J connectivity index is 1.77. The minimum Gasteiger partial charge on any atom is -0.435 e. The molecule has 7 nitrogen and oxygen atoms in total. The summed E-state index contributed by atoms with van der Waals surface area (Å²) in [4.78, 5) is 10.7. The molecule has 2 aromatic heterocycles. The predicted molar refractivity (Wildman–Crippen MR) is 124 cm³/mol. The summed E-state index contributed by atoms with van der Waals surface area (Å²) >= 11 is 7.97. The molecule has 3 aromatic rings. The molecule has 160 valence electrons. The average Bonchev–Trinajstić information content (AvgIpc) is 3.36. The van der Waals surface area contributed by atoms with Crippen molar-refractivity contribution in [1.29, 1.82) is 5.26 Å². The summed E-state index contributed by atoms with van der Waals surface area (Å²) in [6.07, 6.45) is 0.672. The Morgan fingerprint density at radius 3 is 2.90 bits per heavy atom. The van der Waals surface area contributed by atoms with Gasteiger partial charge in [-0.25, -0.2) is 14.2 Å². The van der Waals surface area contributed by atoms with Gasteiger partial charge in [-0.2, -0.15) is 5.26 Å². The molecule has 0 amide bonds. The van der Waals surface area contributed by atoms with Gasteiger partial charge < -0.3 is 10.2 Å². The highest BCUT2D eigenvalue weighted by Crippen LogP contribution is 2.44. The van der Waals surface area contributed by atoms with Gasteiger partial charge in [0.25, 0.3) is 0 Å². The molecule has 0 fully saturated rings. The van der Waals surface area contributed by atoms with E-state index in [1.54, 1.807) is 25.2 Å². The Hall–Kier alpha value is -2.67. The second-order valence-corrected chi connectivity index (χ2v) is 10.3. The topological polar surface area (TPSA) is 109 Å². The van der Waals surface area contributed by atoms with Crippen LogP contribution in [0.1, 0.15) is 30.0 Å². The number of nitriles is 1. The Morgan fingerprint density at radius 1 is 1.45 bits per heavy atom. The molecule has 0 aliphatic carbocycles. The second kappa shape index (κ2) is 8.11. The Bertz CT molecular complexity index is 1260. The van der Waals surface area contributed by atoms with Gasteiger partial charge in [-0.3, -0.25) is 4.31 Å². The number of halogens is 1. The van der Waals surface area contributed by atoms with Gasteiger partial charge in [-0.05, 0) is 31.5 Å². The lowest BCUT2D eigenvalue weighted by molar-refractivity contribution is 0.524. The number of thiophene rings is 1. The molecule has 0 saturated heterocycles. The highest BCUT2D eigenvalue weighted by molar-refractivity contribution is 7.83. The zero-order valence-corrected chi connectivity index (χ0v) is 19.6. The lowest BCUT2D eigenvalue weighted by Crippen LogP contribution is -2.47. The summed E-state index contributed by atoms with van der Waals surface area (Å²) in [5.41, 5.74) is 7.32. The summed E-state index contributed by atoms with van der Waals surface area (Å²) in [5.74, 6) is 1.57. The number of hydrogen-bond acceptors (Lipinski definition) is 7.